The van der Waals surface area contributed by atoms with Crippen LogP contribution in [-0.2, 0) is 16.0 Å². The summed E-state index contributed by atoms with van der Waals surface area (Å²) in [6.07, 6.45) is 1.32. The van der Waals surface area contributed by atoms with Gasteiger partial charge in [-0.15, -0.1) is 0 Å². The number of carbonyl (C=O) groups excluding carboxylic acids is 2. The third-order valence-corrected chi connectivity index (χ3v) is 4.56. The molecule has 1 atom stereocenters. The lowest BCUT2D eigenvalue weighted by atomic mass is 10.2. The first-order chi connectivity index (χ1) is 11.9. The first-order valence-electron chi connectivity index (χ1n) is 7.91. The summed E-state index contributed by atoms with van der Waals surface area (Å²) in [6.45, 7) is 2.27. The van der Waals surface area contributed by atoms with Crippen molar-refractivity contribution in [2.45, 2.75) is 32.2 Å². The third-order valence-electron chi connectivity index (χ3n) is 4.07. The van der Waals surface area contributed by atoms with Gasteiger partial charge < -0.3 is 14.7 Å². The monoisotopic (exact) mass is 409 g/mol. The zero-order valence-corrected chi connectivity index (χ0v) is 15.2. The number of aromatic nitrogens is 1. The molecule has 6 nitrogen and oxygen atoms in total. The van der Waals surface area contributed by atoms with Gasteiger partial charge in [-0.3, -0.25) is 9.59 Å². The quantitative estimate of drug-likeness (QED) is 0.841. The van der Waals surface area contributed by atoms with Gasteiger partial charge in [-0.05, 0) is 38.0 Å². The summed E-state index contributed by atoms with van der Waals surface area (Å²) >= 11 is 3.17. The van der Waals surface area contributed by atoms with Crippen molar-refractivity contribution in [2.75, 3.05) is 11.9 Å². The molecular formula is C17H17BrFN3O3. The number of halogens is 2. The van der Waals surface area contributed by atoms with E-state index >= 15 is 0 Å². The molecule has 1 N–H and O–H groups in total. The molecule has 2 amide bonds. The van der Waals surface area contributed by atoms with E-state index in [1.165, 1.54) is 17.0 Å². The molecule has 132 valence electrons. The summed E-state index contributed by atoms with van der Waals surface area (Å²) in [5.41, 5.74) is 0.794. The Hall–Kier alpha value is -2.22. The average molecular weight is 410 g/mol. The molecule has 25 heavy (non-hydrogen) atoms. The summed E-state index contributed by atoms with van der Waals surface area (Å²) < 4.78 is 19.5. The summed E-state index contributed by atoms with van der Waals surface area (Å²) in [5, 5.41) is 6.32. The van der Waals surface area contributed by atoms with Gasteiger partial charge in [0, 0.05) is 17.1 Å². The van der Waals surface area contributed by atoms with Gasteiger partial charge in [0.1, 0.15) is 17.6 Å². The Labute approximate surface area is 152 Å². The van der Waals surface area contributed by atoms with Crippen LogP contribution in [0, 0.1) is 12.7 Å². The maximum absolute atomic E-state index is 13.9. The lowest BCUT2D eigenvalue weighted by Crippen LogP contribution is -2.43. The standard InChI is InChI=1S/C17H17BrFN3O3/c1-10-7-12(25-21-10)9-16(23)22-6-2-3-15(22)17(24)20-14-5-4-11(18)8-13(14)19/h4-5,7-8,15H,2-3,6,9H2,1H3,(H,20,24)/t15-/m0/s1. The minimum atomic E-state index is -0.612. The number of carbonyl (C=O) groups is 2. The number of aryl methyl sites for hydroxylation is 1. The summed E-state index contributed by atoms with van der Waals surface area (Å²) in [4.78, 5) is 26.5. The number of amides is 2. The van der Waals surface area contributed by atoms with Gasteiger partial charge in [-0.2, -0.15) is 0 Å². The van der Waals surface area contributed by atoms with Gasteiger partial charge in [-0.25, -0.2) is 4.39 Å². The fourth-order valence-corrected chi connectivity index (χ4v) is 3.23. The van der Waals surface area contributed by atoms with Gasteiger partial charge in [0.2, 0.25) is 11.8 Å². The van der Waals surface area contributed by atoms with Crippen LogP contribution in [0.1, 0.15) is 24.3 Å². The number of likely N-dealkylation sites (tertiary alicyclic amines) is 1. The van der Waals surface area contributed by atoms with Crippen LogP contribution in [0.4, 0.5) is 10.1 Å². The zero-order valence-electron chi connectivity index (χ0n) is 13.6. The average Bonchev–Trinajstić information content (AvgIpc) is 3.19. The topological polar surface area (TPSA) is 75.4 Å². The van der Waals surface area contributed by atoms with Gasteiger partial charge in [0.15, 0.2) is 0 Å². The van der Waals surface area contributed by atoms with E-state index in [9.17, 15) is 14.0 Å². The van der Waals surface area contributed by atoms with Crippen LogP contribution in [0.3, 0.4) is 0 Å². The van der Waals surface area contributed by atoms with Crippen LogP contribution in [-0.4, -0.2) is 34.5 Å². The molecular weight excluding hydrogens is 393 g/mol. The van der Waals surface area contributed by atoms with Crippen LogP contribution in [0.15, 0.2) is 33.3 Å². The normalized spacial score (nSPS) is 16.9. The lowest BCUT2D eigenvalue weighted by molar-refractivity contribution is -0.136. The Balaban J connectivity index is 1.67. The molecule has 0 spiro atoms. The Morgan fingerprint density at radius 1 is 1.44 bits per heavy atom. The molecule has 0 unspecified atom stereocenters. The van der Waals surface area contributed by atoms with Gasteiger partial charge >= 0.3 is 0 Å². The van der Waals surface area contributed by atoms with E-state index in [2.05, 4.69) is 26.4 Å². The number of nitrogens with one attached hydrogen (secondary N) is 1. The molecule has 2 heterocycles. The van der Waals surface area contributed by atoms with Gasteiger partial charge in [0.25, 0.3) is 0 Å². The van der Waals surface area contributed by atoms with Crippen LogP contribution >= 0.6 is 15.9 Å². The van der Waals surface area contributed by atoms with Crippen molar-refractivity contribution < 1.29 is 18.5 Å². The first kappa shape index (κ1) is 17.6. The van der Waals surface area contributed by atoms with Crippen molar-refractivity contribution in [1.82, 2.24) is 10.1 Å². The second-order valence-electron chi connectivity index (χ2n) is 5.97. The predicted molar refractivity (Wildman–Crippen MR) is 92.4 cm³/mol. The van der Waals surface area contributed by atoms with Gasteiger partial charge in [-0.1, -0.05) is 21.1 Å². The SMILES string of the molecule is Cc1cc(CC(=O)N2CCC[C@H]2C(=O)Nc2ccc(Br)cc2F)on1. The van der Waals surface area contributed by atoms with E-state index in [1.54, 1.807) is 19.1 Å². The van der Waals surface area contributed by atoms with E-state index in [4.69, 9.17) is 4.52 Å². The number of benzene rings is 1. The molecule has 1 aromatic carbocycles. The minimum absolute atomic E-state index is 0.0528. The van der Waals surface area contributed by atoms with E-state index in [0.29, 0.717) is 28.9 Å². The number of anilines is 1. The van der Waals surface area contributed by atoms with Crippen molar-refractivity contribution in [3.8, 4) is 0 Å². The first-order valence-corrected chi connectivity index (χ1v) is 8.71. The summed E-state index contributed by atoms with van der Waals surface area (Å²) in [7, 11) is 0. The summed E-state index contributed by atoms with van der Waals surface area (Å²) in [6, 6.07) is 5.48. The fourth-order valence-electron chi connectivity index (χ4n) is 2.89. The molecule has 1 aromatic heterocycles. The van der Waals surface area contributed by atoms with Crippen molar-refractivity contribution in [2.24, 2.45) is 0 Å². The highest BCUT2D eigenvalue weighted by Gasteiger charge is 2.34. The van der Waals surface area contributed by atoms with Crippen molar-refractivity contribution in [3.63, 3.8) is 0 Å². The predicted octanol–water partition coefficient (Wildman–Crippen LogP) is 3.06. The van der Waals surface area contributed by atoms with Crippen LogP contribution in [0.25, 0.3) is 0 Å². The minimum Gasteiger partial charge on any atom is -0.361 e. The molecule has 1 saturated heterocycles. The molecule has 3 rings (SSSR count). The fraction of sp³-hybridized carbons (Fsp3) is 0.353. The Kier molecular flexibility index (Phi) is 5.17. The molecule has 0 saturated carbocycles. The Bertz CT molecular complexity index is 808. The van der Waals surface area contributed by atoms with Gasteiger partial charge in [0.05, 0.1) is 17.8 Å². The largest absolute Gasteiger partial charge is 0.361 e. The highest BCUT2D eigenvalue weighted by atomic mass is 79.9. The Morgan fingerprint density at radius 3 is 2.92 bits per heavy atom. The molecule has 1 aliphatic heterocycles. The second kappa shape index (κ2) is 7.35. The van der Waals surface area contributed by atoms with Crippen molar-refractivity contribution in [1.29, 1.82) is 0 Å². The summed E-state index contributed by atoms with van der Waals surface area (Å²) in [5.74, 6) is -0.658. The lowest BCUT2D eigenvalue weighted by Gasteiger charge is -2.23. The van der Waals surface area contributed by atoms with Crippen LogP contribution in [0.5, 0.6) is 0 Å². The van der Waals surface area contributed by atoms with E-state index in [1.807, 2.05) is 0 Å². The molecule has 8 heteroatoms. The zero-order chi connectivity index (χ0) is 18.0. The highest BCUT2D eigenvalue weighted by Crippen LogP contribution is 2.23. The molecule has 1 aliphatic rings. The van der Waals surface area contributed by atoms with E-state index in [0.717, 1.165) is 6.42 Å². The number of hydrogen-bond donors (Lipinski definition) is 1. The number of hydrogen-bond acceptors (Lipinski definition) is 4. The number of rotatable bonds is 4. The van der Waals surface area contributed by atoms with E-state index in [-0.39, 0.29) is 23.9 Å². The smallest absolute Gasteiger partial charge is 0.247 e. The molecule has 0 aliphatic carbocycles. The number of nitrogens with zero attached hydrogens (tertiary/aromatic N) is 2. The molecule has 0 radical (unpaired) electrons. The molecule has 1 fully saturated rings. The Morgan fingerprint density at radius 2 is 2.24 bits per heavy atom. The van der Waals surface area contributed by atoms with Crippen molar-refractivity contribution >= 4 is 33.4 Å². The van der Waals surface area contributed by atoms with Crippen LogP contribution < -0.4 is 5.32 Å². The maximum Gasteiger partial charge on any atom is 0.247 e. The second-order valence-corrected chi connectivity index (χ2v) is 6.89. The molecule has 0 bridgehead atoms. The van der Waals surface area contributed by atoms with Crippen LogP contribution in [0.2, 0.25) is 0 Å². The maximum atomic E-state index is 13.9. The third kappa shape index (κ3) is 4.07. The van der Waals surface area contributed by atoms with E-state index < -0.39 is 11.9 Å². The van der Waals surface area contributed by atoms with Crippen molar-refractivity contribution in [3.05, 3.63) is 46.0 Å². The molecule has 2 aromatic rings. The highest BCUT2D eigenvalue weighted by molar-refractivity contribution is 9.10.